The molecule has 0 aliphatic heterocycles. The second kappa shape index (κ2) is 5.94. The number of nitrogens with one attached hydrogen (secondary N) is 1. The van der Waals surface area contributed by atoms with Gasteiger partial charge in [0.25, 0.3) is 5.91 Å². The van der Waals surface area contributed by atoms with Gasteiger partial charge >= 0.3 is 0 Å². The van der Waals surface area contributed by atoms with E-state index in [1.807, 2.05) is 31.2 Å². The number of benzene rings is 2. The van der Waals surface area contributed by atoms with Crippen molar-refractivity contribution >= 4 is 38.3 Å². The molecule has 0 saturated heterocycles. The average Bonchev–Trinajstić information content (AvgIpc) is 2.88. The maximum atomic E-state index is 13.6. The number of fused-ring (bicyclic) bond motifs is 1. The van der Waals surface area contributed by atoms with Crippen LogP contribution < -0.4 is 16.8 Å². The first-order valence-electron chi connectivity index (χ1n) is 6.96. The monoisotopic (exact) mass is 330 g/mol. The van der Waals surface area contributed by atoms with Crippen LogP contribution in [0, 0.1) is 5.82 Å². The summed E-state index contributed by atoms with van der Waals surface area (Å²) in [6.45, 7) is 1.91. The van der Waals surface area contributed by atoms with Crippen molar-refractivity contribution in [1.29, 1.82) is 0 Å². The molecule has 0 saturated carbocycles. The van der Waals surface area contributed by atoms with Gasteiger partial charge in [0.05, 0.1) is 15.8 Å². The quantitative estimate of drug-likeness (QED) is 0.684. The minimum Gasteiger partial charge on any atom is -0.366 e. The largest absolute Gasteiger partial charge is 0.366 e. The molecule has 118 valence electrons. The van der Waals surface area contributed by atoms with Crippen molar-refractivity contribution in [2.75, 3.05) is 5.32 Å². The van der Waals surface area contributed by atoms with E-state index in [0.717, 1.165) is 17.3 Å². The summed E-state index contributed by atoms with van der Waals surface area (Å²) in [6.07, 6.45) is 0. The van der Waals surface area contributed by atoms with E-state index in [1.165, 1.54) is 17.4 Å². The molecule has 3 rings (SSSR count). The zero-order valence-corrected chi connectivity index (χ0v) is 13.2. The topological polar surface area (TPSA) is 94.0 Å². The standard InChI is InChI=1S/C16H15FN4OS/c1-8(18)9-2-4-11(5-3-9)20-16-21-14-12(15(19)22)6-10(17)7-13(14)23-16/h2-8H,18H2,1H3,(H2,19,22)(H,20,21). The number of rotatable bonds is 4. The molecule has 0 radical (unpaired) electrons. The molecule has 1 unspecified atom stereocenters. The van der Waals surface area contributed by atoms with Crippen LogP contribution in [0.25, 0.3) is 10.2 Å². The smallest absolute Gasteiger partial charge is 0.251 e. The second-order valence-corrected chi connectivity index (χ2v) is 6.25. The van der Waals surface area contributed by atoms with Gasteiger partial charge in [-0.3, -0.25) is 4.79 Å². The number of amides is 1. The highest BCUT2D eigenvalue weighted by molar-refractivity contribution is 7.22. The number of anilines is 2. The fourth-order valence-corrected chi connectivity index (χ4v) is 3.17. The van der Waals surface area contributed by atoms with Crippen LogP contribution in [-0.2, 0) is 0 Å². The van der Waals surface area contributed by atoms with E-state index >= 15 is 0 Å². The lowest BCUT2D eigenvalue weighted by Crippen LogP contribution is -2.11. The highest BCUT2D eigenvalue weighted by atomic mass is 32.1. The Morgan fingerprint density at radius 3 is 2.61 bits per heavy atom. The maximum absolute atomic E-state index is 13.6. The third-order valence-electron chi connectivity index (χ3n) is 3.41. The zero-order valence-electron chi connectivity index (χ0n) is 12.3. The molecule has 0 fully saturated rings. The number of carbonyl (C=O) groups is 1. The molecule has 1 atom stereocenters. The Morgan fingerprint density at radius 1 is 1.30 bits per heavy atom. The zero-order chi connectivity index (χ0) is 16.6. The van der Waals surface area contributed by atoms with Gasteiger partial charge in [0.2, 0.25) is 0 Å². The van der Waals surface area contributed by atoms with Crippen LogP contribution in [0.3, 0.4) is 0 Å². The summed E-state index contributed by atoms with van der Waals surface area (Å²) in [4.78, 5) is 15.8. The van der Waals surface area contributed by atoms with Crippen LogP contribution in [0.2, 0.25) is 0 Å². The molecular weight excluding hydrogens is 315 g/mol. The number of hydrogen-bond acceptors (Lipinski definition) is 5. The summed E-state index contributed by atoms with van der Waals surface area (Å²) in [5, 5.41) is 3.69. The van der Waals surface area contributed by atoms with Crippen LogP contribution in [-0.4, -0.2) is 10.9 Å². The third kappa shape index (κ3) is 3.15. The summed E-state index contributed by atoms with van der Waals surface area (Å²) in [5.41, 5.74) is 13.4. The molecule has 0 aliphatic carbocycles. The van der Waals surface area contributed by atoms with Gasteiger partial charge in [-0.1, -0.05) is 23.5 Å². The van der Waals surface area contributed by atoms with Crippen molar-refractivity contribution in [3.05, 3.63) is 53.3 Å². The summed E-state index contributed by atoms with van der Waals surface area (Å²) in [7, 11) is 0. The number of carbonyl (C=O) groups excluding carboxylic acids is 1. The van der Waals surface area contributed by atoms with E-state index in [-0.39, 0.29) is 11.6 Å². The Hall–Kier alpha value is -2.51. The Kier molecular flexibility index (Phi) is 3.97. The molecule has 23 heavy (non-hydrogen) atoms. The van der Waals surface area contributed by atoms with Crippen LogP contribution in [0.5, 0.6) is 0 Å². The third-order valence-corrected chi connectivity index (χ3v) is 4.33. The normalized spacial score (nSPS) is 12.3. The van der Waals surface area contributed by atoms with E-state index in [1.54, 1.807) is 0 Å². The number of nitrogens with two attached hydrogens (primary N) is 2. The molecule has 1 amide bonds. The minimum atomic E-state index is -0.701. The van der Waals surface area contributed by atoms with Gasteiger partial charge in [-0.05, 0) is 36.8 Å². The van der Waals surface area contributed by atoms with Gasteiger partial charge < -0.3 is 16.8 Å². The molecule has 7 heteroatoms. The van der Waals surface area contributed by atoms with Crippen LogP contribution in [0.15, 0.2) is 36.4 Å². The number of hydrogen-bond donors (Lipinski definition) is 3. The summed E-state index contributed by atoms with van der Waals surface area (Å²) in [5.74, 6) is -1.21. The Labute approximate surface area is 136 Å². The Morgan fingerprint density at radius 2 is 2.00 bits per heavy atom. The SMILES string of the molecule is CC(N)c1ccc(Nc2nc3c(C(N)=O)cc(F)cc3s2)cc1. The van der Waals surface area contributed by atoms with E-state index in [9.17, 15) is 9.18 Å². The maximum Gasteiger partial charge on any atom is 0.251 e. The van der Waals surface area contributed by atoms with E-state index in [2.05, 4.69) is 10.3 Å². The lowest BCUT2D eigenvalue weighted by atomic mass is 10.1. The molecule has 5 nitrogen and oxygen atoms in total. The van der Waals surface area contributed by atoms with E-state index in [0.29, 0.717) is 15.3 Å². The van der Waals surface area contributed by atoms with E-state index < -0.39 is 11.7 Å². The second-order valence-electron chi connectivity index (χ2n) is 5.22. The summed E-state index contributed by atoms with van der Waals surface area (Å²) >= 11 is 1.25. The fraction of sp³-hybridized carbons (Fsp3) is 0.125. The fourth-order valence-electron chi connectivity index (χ4n) is 2.23. The molecule has 1 aromatic heterocycles. The molecule has 0 spiro atoms. The van der Waals surface area contributed by atoms with Gasteiger partial charge in [-0.25, -0.2) is 9.37 Å². The molecule has 1 heterocycles. The van der Waals surface area contributed by atoms with Gasteiger partial charge in [0, 0.05) is 11.7 Å². The van der Waals surface area contributed by atoms with Crippen molar-refractivity contribution in [1.82, 2.24) is 4.98 Å². The lowest BCUT2D eigenvalue weighted by Gasteiger charge is -2.07. The highest BCUT2D eigenvalue weighted by Crippen LogP contribution is 2.31. The lowest BCUT2D eigenvalue weighted by molar-refractivity contribution is 0.100. The van der Waals surface area contributed by atoms with Crippen molar-refractivity contribution in [2.45, 2.75) is 13.0 Å². The molecule has 0 aliphatic rings. The first-order valence-corrected chi connectivity index (χ1v) is 7.78. The van der Waals surface area contributed by atoms with Crippen LogP contribution >= 0.6 is 11.3 Å². The van der Waals surface area contributed by atoms with Gasteiger partial charge in [0.1, 0.15) is 5.82 Å². The highest BCUT2D eigenvalue weighted by Gasteiger charge is 2.14. The van der Waals surface area contributed by atoms with Crippen LogP contribution in [0.4, 0.5) is 15.2 Å². The number of halogens is 1. The van der Waals surface area contributed by atoms with Gasteiger partial charge in [0.15, 0.2) is 5.13 Å². The molecule has 5 N–H and O–H groups in total. The van der Waals surface area contributed by atoms with Crippen molar-refractivity contribution in [2.24, 2.45) is 11.5 Å². The number of aromatic nitrogens is 1. The number of thiazole rings is 1. The number of primary amides is 1. The number of nitrogens with zero attached hydrogens (tertiary/aromatic N) is 1. The predicted molar refractivity (Wildman–Crippen MR) is 90.4 cm³/mol. The first kappa shape index (κ1) is 15.4. The van der Waals surface area contributed by atoms with Gasteiger partial charge in [-0.2, -0.15) is 0 Å². The molecule has 2 aromatic carbocycles. The Bertz CT molecular complexity index is 874. The molecule has 0 bridgehead atoms. The average molecular weight is 330 g/mol. The van der Waals surface area contributed by atoms with Crippen LogP contribution in [0.1, 0.15) is 28.9 Å². The predicted octanol–water partition coefficient (Wildman–Crippen LogP) is 3.30. The molecular formula is C16H15FN4OS. The first-order chi connectivity index (χ1) is 10.9. The Balaban J connectivity index is 1.94. The van der Waals surface area contributed by atoms with Gasteiger partial charge in [-0.15, -0.1) is 0 Å². The van der Waals surface area contributed by atoms with E-state index in [4.69, 9.17) is 11.5 Å². The summed E-state index contributed by atoms with van der Waals surface area (Å²) in [6, 6.07) is 10.0. The molecule has 3 aromatic rings. The van der Waals surface area contributed by atoms with Crippen molar-refractivity contribution in [3.63, 3.8) is 0 Å². The summed E-state index contributed by atoms with van der Waals surface area (Å²) < 4.78 is 14.1. The minimum absolute atomic E-state index is 0.0346. The van der Waals surface area contributed by atoms with Crippen molar-refractivity contribution in [3.8, 4) is 0 Å². The van der Waals surface area contributed by atoms with Crippen molar-refractivity contribution < 1.29 is 9.18 Å².